The van der Waals surface area contributed by atoms with E-state index in [9.17, 15) is 44.4 Å². The third-order valence-electron chi connectivity index (χ3n) is 7.06. The number of anilines is 1. The van der Waals surface area contributed by atoms with Crippen molar-refractivity contribution >= 4 is 35.5 Å². The molecule has 0 aliphatic heterocycles. The van der Waals surface area contributed by atoms with Crippen molar-refractivity contribution in [2.75, 3.05) is 64.2 Å². The minimum Gasteiger partial charge on any atom is -0.480 e. The molecule has 0 unspecified atom stereocenters. The van der Waals surface area contributed by atoms with E-state index in [1.54, 1.807) is 0 Å². The van der Waals surface area contributed by atoms with Crippen molar-refractivity contribution in [2.24, 2.45) is 0 Å². The van der Waals surface area contributed by atoms with Crippen molar-refractivity contribution in [3.05, 3.63) is 29.8 Å². The molecule has 13 heteroatoms. The van der Waals surface area contributed by atoms with E-state index in [1.807, 2.05) is 24.3 Å². The van der Waals surface area contributed by atoms with Crippen LogP contribution in [0.3, 0.4) is 0 Å². The Labute approximate surface area is 253 Å². The van der Waals surface area contributed by atoms with Gasteiger partial charge in [-0.05, 0) is 30.5 Å². The van der Waals surface area contributed by atoms with Gasteiger partial charge in [-0.3, -0.25) is 19.0 Å². The van der Waals surface area contributed by atoms with E-state index in [0.717, 1.165) is 12.8 Å². The molecule has 43 heavy (non-hydrogen) atoms. The number of unbranched alkanes of at least 4 members (excludes halogenated alkanes) is 7. The van der Waals surface area contributed by atoms with Gasteiger partial charge in [-0.25, -0.2) is 14.4 Å². The number of hydrogen-bond acceptors (Lipinski definition) is 7. The number of aryl methyl sites for hydroxylation is 1. The molecule has 0 radical (unpaired) electrons. The van der Waals surface area contributed by atoms with Crippen LogP contribution in [0.1, 0.15) is 63.9 Å². The number of nitrogens with one attached hydrogen (secondary N) is 2. The first kappa shape index (κ1) is 37.5. The summed E-state index contributed by atoms with van der Waals surface area (Å²) >= 11 is 0. The van der Waals surface area contributed by atoms with Crippen molar-refractivity contribution in [3.63, 3.8) is 0 Å². The summed E-state index contributed by atoms with van der Waals surface area (Å²) in [6, 6.07) is 7.62. The van der Waals surface area contributed by atoms with Gasteiger partial charge < -0.3 is 31.1 Å². The Morgan fingerprint density at radius 2 is 1.23 bits per heavy atom. The summed E-state index contributed by atoms with van der Waals surface area (Å²) < 4.78 is -0.688. The van der Waals surface area contributed by atoms with Crippen LogP contribution in [-0.2, 0) is 30.4 Å². The maximum atomic E-state index is 12.6. The molecule has 0 bridgehead atoms. The first-order valence-corrected chi connectivity index (χ1v) is 15.0. The van der Waals surface area contributed by atoms with Gasteiger partial charge in [-0.15, -0.1) is 0 Å². The van der Waals surface area contributed by atoms with Crippen molar-refractivity contribution in [1.82, 2.24) is 10.2 Å². The number of carbonyl (C=O) groups is 5. The normalized spacial score (nSPS) is 11.4. The minimum atomic E-state index is -1.32. The molecule has 0 aliphatic carbocycles. The number of hydrogen-bond donors (Lipinski definition) is 6. The molecule has 0 saturated carbocycles. The summed E-state index contributed by atoms with van der Waals surface area (Å²) in [5, 5.41) is 42.6. The standard InChI is InChI=1S/C30H48N4O9/c1-2-3-4-5-6-7-8-9-10-24-11-13-25(14-12-24)32-26(35)19-33(20-27(36)37)17-15-31-16-18-34(21-28(38)39,22-29(40)41)23-30(42)43/h11-14,31H,2-10,15-23H2,1H3,(H4-,32,35,36,37,38,39,40,41,42,43)/p+1. The molecular weight excluding hydrogens is 560 g/mol. The highest BCUT2D eigenvalue weighted by Crippen LogP contribution is 2.14. The molecule has 0 aromatic heterocycles. The van der Waals surface area contributed by atoms with Crippen molar-refractivity contribution < 1.29 is 48.9 Å². The van der Waals surface area contributed by atoms with Gasteiger partial charge in [-0.2, -0.15) is 0 Å². The zero-order valence-electron chi connectivity index (χ0n) is 25.3. The number of nitrogens with zero attached hydrogens (tertiary/aromatic N) is 2. The Balaban J connectivity index is 2.52. The van der Waals surface area contributed by atoms with Gasteiger partial charge >= 0.3 is 23.9 Å². The summed E-state index contributed by atoms with van der Waals surface area (Å²) in [6.07, 6.45) is 11.0. The third-order valence-corrected chi connectivity index (χ3v) is 7.06. The van der Waals surface area contributed by atoms with Crippen LogP contribution in [0.2, 0.25) is 0 Å². The number of carboxylic acid groups (broad SMARTS) is 4. The molecule has 0 atom stereocenters. The Morgan fingerprint density at radius 1 is 0.698 bits per heavy atom. The summed E-state index contributed by atoms with van der Waals surface area (Å²) in [5.41, 5.74) is 1.81. The van der Waals surface area contributed by atoms with Crippen LogP contribution in [0.15, 0.2) is 24.3 Å². The van der Waals surface area contributed by atoms with Crippen LogP contribution < -0.4 is 10.6 Å². The number of aliphatic carboxylic acids is 4. The average molecular weight is 610 g/mol. The fourth-order valence-corrected chi connectivity index (χ4v) is 4.97. The molecule has 1 amide bonds. The molecule has 0 heterocycles. The molecule has 6 N–H and O–H groups in total. The molecule has 0 fully saturated rings. The lowest BCUT2D eigenvalue weighted by Crippen LogP contribution is -2.59. The molecule has 0 aliphatic rings. The monoisotopic (exact) mass is 609 g/mol. The van der Waals surface area contributed by atoms with Crippen LogP contribution in [-0.4, -0.2) is 118 Å². The molecule has 0 spiro atoms. The highest BCUT2D eigenvalue weighted by Gasteiger charge is 2.35. The van der Waals surface area contributed by atoms with E-state index in [2.05, 4.69) is 17.6 Å². The van der Waals surface area contributed by atoms with Gasteiger partial charge in [0.15, 0.2) is 19.6 Å². The first-order valence-electron chi connectivity index (χ1n) is 15.0. The Bertz CT molecular complexity index is 977. The van der Waals surface area contributed by atoms with Crippen LogP contribution >= 0.6 is 0 Å². The highest BCUT2D eigenvalue weighted by molar-refractivity contribution is 5.92. The highest BCUT2D eigenvalue weighted by atomic mass is 16.4. The van der Waals surface area contributed by atoms with E-state index in [-0.39, 0.29) is 45.2 Å². The second-order valence-electron chi connectivity index (χ2n) is 11.0. The van der Waals surface area contributed by atoms with Crippen LogP contribution in [0.25, 0.3) is 0 Å². The van der Waals surface area contributed by atoms with Crippen LogP contribution in [0.4, 0.5) is 5.69 Å². The lowest BCUT2D eigenvalue weighted by molar-refractivity contribution is -0.906. The summed E-state index contributed by atoms with van der Waals surface area (Å²) in [5.74, 6) is -5.45. The van der Waals surface area contributed by atoms with Gasteiger partial charge in [0.2, 0.25) is 5.91 Å². The zero-order chi connectivity index (χ0) is 32.1. The van der Waals surface area contributed by atoms with Crippen LogP contribution in [0.5, 0.6) is 0 Å². The van der Waals surface area contributed by atoms with Crippen LogP contribution in [0, 0.1) is 0 Å². The van der Waals surface area contributed by atoms with Gasteiger partial charge in [0.1, 0.15) is 0 Å². The Hall–Kier alpha value is -3.55. The minimum absolute atomic E-state index is 0.0840. The number of quaternary nitrogens is 1. The molecule has 242 valence electrons. The number of benzene rings is 1. The predicted molar refractivity (Wildman–Crippen MR) is 161 cm³/mol. The van der Waals surface area contributed by atoms with E-state index < -0.39 is 48.0 Å². The number of amides is 1. The van der Waals surface area contributed by atoms with E-state index in [4.69, 9.17) is 0 Å². The molecule has 1 aromatic rings. The quantitative estimate of drug-likeness (QED) is 0.0667. The van der Waals surface area contributed by atoms with Gasteiger partial charge in [0.05, 0.1) is 19.6 Å². The predicted octanol–water partition coefficient (Wildman–Crippen LogP) is 2.36. The second-order valence-corrected chi connectivity index (χ2v) is 11.0. The lowest BCUT2D eigenvalue weighted by Gasteiger charge is -2.34. The molecule has 1 rings (SSSR count). The fourth-order valence-electron chi connectivity index (χ4n) is 4.97. The van der Waals surface area contributed by atoms with Crippen molar-refractivity contribution in [2.45, 2.75) is 64.7 Å². The van der Waals surface area contributed by atoms with Gasteiger partial charge in [-0.1, -0.05) is 64.0 Å². The number of carbonyl (C=O) groups excluding carboxylic acids is 1. The number of carboxylic acids is 4. The average Bonchev–Trinajstić information content (AvgIpc) is 2.89. The molecule has 13 nitrogen and oxygen atoms in total. The summed E-state index contributed by atoms with van der Waals surface area (Å²) in [6.45, 7) is 0.00641. The Morgan fingerprint density at radius 3 is 1.74 bits per heavy atom. The third kappa shape index (κ3) is 18.6. The van der Waals surface area contributed by atoms with E-state index >= 15 is 0 Å². The maximum absolute atomic E-state index is 12.6. The summed E-state index contributed by atoms with van der Waals surface area (Å²) in [7, 11) is 0. The van der Waals surface area contributed by atoms with E-state index in [1.165, 1.54) is 55.4 Å². The lowest BCUT2D eigenvalue weighted by atomic mass is 10.0. The SMILES string of the molecule is CCCCCCCCCCc1ccc(NC(=O)CN(CCNCC[N+](CC(=O)O)(CC(=O)O)CC(=O)O)CC(=O)O)cc1. The molecular formula is C30H49N4O9+. The number of rotatable bonds is 26. The Kier molecular flexibility index (Phi) is 18.5. The largest absolute Gasteiger partial charge is 0.480 e. The first-order chi connectivity index (χ1) is 20.4. The summed E-state index contributed by atoms with van der Waals surface area (Å²) in [4.78, 5) is 59.2. The second kappa shape index (κ2) is 21.2. The van der Waals surface area contributed by atoms with Crippen molar-refractivity contribution in [1.29, 1.82) is 0 Å². The van der Waals surface area contributed by atoms with Gasteiger partial charge in [0.25, 0.3) is 0 Å². The zero-order valence-corrected chi connectivity index (χ0v) is 25.3. The molecule has 1 aromatic carbocycles. The van der Waals surface area contributed by atoms with Crippen molar-refractivity contribution in [3.8, 4) is 0 Å². The van der Waals surface area contributed by atoms with E-state index in [0.29, 0.717) is 5.69 Å². The molecule has 0 saturated heterocycles. The van der Waals surface area contributed by atoms with Gasteiger partial charge in [0, 0.05) is 25.3 Å². The maximum Gasteiger partial charge on any atom is 0.359 e. The fraction of sp³-hybridized carbons (Fsp3) is 0.633. The topological polar surface area (TPSA) is 194 Å². The smallest absolute Gasteiger partial charge is 0.359 e.